The minimum absolute atomic E-state index is 0.416. The average molecular weight is 288 g/mol. The maximum absolute atomic E-state index is 6.21. The lowest BCUT2D eigenvalue weighted by atomic mass is 10.1. The molecule has 1 saturated carbocycles. The molecule has 2 unspecified atom stereocenters. The number of hydrogen-bond acceptors (Lipinski definition) is 3. The Kier molecular flexibility index (Phi) is 5.28. The van der Waals surface area contributed by atoms with E-state index in [0.717, 1.165) is 32.2 Å². The van der Waals surface area contributed by atoms with Gasteiger partial charge < -0.3 is 10.1 Å². The van der Waals surface area contributed by atoms with Gasteiger partial charge in [-0.2, -0.15) is 0 Å². The summed E-state index contributed by atoms with van der Waals surface area (Å²) in [6, 6.07) is 11.5. The van der Waals surface area contributed by atoms with Crippen molar-refractivity contribution >= 4 is 0 Å². The summed E-state index contributed by atoms with van der Waals surface area (Å²) in [4.78, 5) is 2.50. The molecule has 2 atom stereocenters. The summed E-state index contributed by atoms with van der Waals surface area (Å²) in [5.74, 6) is 0. The Morgan fingerprint density at radius 3 is 2.57 bits per heavy atom. The second-order valence-electron chi connectivity index (χ2n) is 6.45. The Balaban J connectivity index is 1.41. The van der Waals surface area contributed by atoms with Gasteiger partial charge in [-0.1, -0.05) is 37.3 Å². The molecule has 1 N–H and O–H groups in total. The first-order valence-corrected chi connectivity index (χ1v) is 8.48. The molecule has 1 heterocycles. The van der Waals surface area contributed by atoms with Crippen LogP contribution in [0.4, 0.5) is 0 Å². The van der Waals surface area contributed by atoms with Gasteiger partial charge in [0.1, 0.15) is 0 Å². The van der Waals surface area contributed by atoms with Gasteiger partial charge in [-0.05, 0) is 37.8 Å². The van der Waals surface area contributed by atoms with E-state index in [-0.39, 0.29) is 0 Å². The molecular weight excluding hydrogens is 260 g/mol. The molecule has 21 heavy (non-hydrogen) atoms. The Hall–Kier alpha value is -0.900. The molecule has 3 nitrogen and oxygen atoms in total. The van der Waals surface area contributed by atoms with Crippen molar-refractivity contribution in [3.63, 3.8) is 0 Å². The van der Waals surface area contributed by atoms with Gasteiger partial charge in [0.2, 0.25) is 0 Å². The smallest absolute Gasteiger partial charge is 0.0707 e. The summed E-state index contributed by atoms with van der Waals surface area (Å²) < 4.78 is 6.21. The first-order valence-electron chi connectivity index (χ1n) is 8.48. The normalized spacial score (nSPS) is 25.6. The lowest BCUT2D eigenvalue weighted by Crippen LogP contribution is -2.34. The van der Waals surface area contributed by atoms with Gasteiger partial charge in [0.05, 0.1) is 12.2 Å². The minimum Gasteiger partial charge on any atom is -0.372 e. The molecule has 1 aliphatic carbocycles. The molecule has 2 aliphatic rings. The summed E-state index contributed by atoms with van der Waals surface area (Å²) in [5.41, 5.74) is 1.39. The van der Waals surface area contributed by atoms with Crippen molar-refractivity contribution in [2.24, 2.45) is 0 Å². The summed E-state index contributed by atoms with van der Waals surface area (Å²) in [6.07, 6.45) is 5.99. The Labute approximate surface area is 128 Å². The van der Waals surface area contributed by atoms with Crippen LogP contribution in [0.5, 0.6) is 0 Å². The maximum atomic E-state index is 6.21. The number of benzene rings is 1. The zero-order valence-corrected chi connectivity index (χ0v) is 13.1. The van der Waals surface area contributed by atoms with Gasteiger partial charge in [-0.15, -0.1) is 0 Å². The number of nitrogens with one attached hydrogen (secondary N) is 1. The highest BCUT2D eigenvalue weighted by molar-refractivity contribution is 5.14. The first-order chi connectivity index (χ1) is 10.3. The van der Waals surface area contributed by atoms with Crippen LogP contribution in [-0.2, 0) is 11.3 Å². The van der Waals surface area contributed by atoms with E-state index in [9.17, 15) is 0 Å². The van der Waals surface area contributed by atoms with E-state index >= 15 is 0 Å². The molecule has 2 fully saturated rings. The fraction of sp³-hybridized carbons (Fsp3) is 0.667. The Morgan fingerprint density at radius 1 is 1.10 bits per heavy atom. The fourth-order valence-electron chi connectivity index (χ4n) is 3.09. The number of rotatable bonds is 8. The van der Waals surface area contributed by atoms with Crippen LogP contribution in [-0.4, -0.2) is 42.8 Å². The molecule has 0 radical (unpaired) electrons. The van der Waals surface area contributed by atoms with Crippen LogP contribution in [0, 0.1) is 0 Å². The molecule has 0 bridgehead atoms. The van der Waals surface area contributed by atoms with E-state index < -0.39 is 0 Å². The number of nitrogens with zero attached hydrogens (tertiary/aromatic N) is 1. The molecule has 3 heteroatoms. The van der Waals surface area contributed by atoms with Crippen LogP contribution in [0.15, 0.2) is 30.3 Å². The third-order valence-electron chi connectivity index (χ3n) is 4.57. The van der Waals surface area contributed by atoms with Gasteiger partial charge >= 0.3 is 0 Å². The van der Waals surface area contributed by atoms with Crippen LogP contribution in [0.2, 0.25) is 0 Å². The highest BCUT2D eigenvalue weighted by atomic mass is 16.5. The van der Waals surface area contributed by atoms with Crippen molar-refractivity contribution < 1.29 is 4.74 Å². The quantitative estimate of drug-likeness (QED) is 0.796. The molecule has 1 aromatic carbocycles. The van der Waals surface area contributed by atoms with Gasteiger partial charge in [-0.25, -0.2) is 0 Å². The topological polar surface area (TPSA) is 24.5 Å². The van der Waals surface area contributed by atoms with Gasteiger partial charge in [0.15, 0.2) is 0 Å². The molecule has 0 amide bonds. The Bertz CT molecular complexity index is 418. The van der Waals surface area contributed by atoms with E-state index in [4.69, 9.17) is 4.74 Å². The van der Waals surface area contributed by atoms with Gasteiger partial charge in [0.25, 0.3) is 0 Å². The van der Waals surface area contributed by atoms with Crippen molar-refractivity contribution in [3.05, 3.63) is 35.9 Å². The van der Waals surface area contributed by atoms with Crippen LogP contribution in [0.3, 0.4) is 0 Å². The van der Waals surface area contributed by atoms with Crippen molar-refractivity contribution in [3.8, 4) is 0 Å². The van der Waals surface area contributed by atoms with Crippen LogP contribution in [0.1, 0.15) is 38.2 Å². The number of hydrogen-bond donors (Lipinski definition) is 1. The minimum atomic E-state index is 0.416. The molecule has 3 rings (SSSR count). The van der Waals surface area contributed by atoms with Crippen LogP contribution in [0.25, 0.3) is 0 Å². The van der Waals surface area contributed by atoms with Gasteiger partial charge in [-0.3, -0.25) is 4.90 Å². The molecule has 1 aromatic rings. The summed E-state index contributed by atoms with van der Waals surface area (Å²) in [5, 5.41) is 3.59. The average Bonchev–Trinajstić information content (AvgIpc) is 3.25. The second kappa shape index (κ2) is 7.39. The van der Waals surface area contributed by atoms with E-state index in [2.05, 4.69) is 47.5 Å². The van der Waals surface area contributed by atoms with Gasteiger partial charge in [0, 0.05) is 25.7 Å². The fourth-order valence-corrected chi connectivity index (χ4v) is 3.09. The third-order valence-corrected chi connectivity index (χ3v) is 4.57. The monoisotopic (exact) mass is 288 g/mol. The maximum Gasteiger partial charge on any atom is 0.0707 e. The standard InChI is InChI=1S/C18H28N2O/c1-2-20(13-15-6-4-3-5-7-15)14-18-11-10-17(21-18)12-19-16-8-9-16/h3-7,16-19H,2,8-14H2,1H3. The summed E-state index contributed by atoms with van der Waals surface area (Å²) >= 11 is 0. The molecule has 0 aromatic heterocycles. The highest BCUT2D eigenvalue weighted by Gasteiger charge is 2.28. The lowest BCUT2D eigenvalue weighted by Gasteiger charge is -2.24. The first kappa shape index (κ1) is 15.0. The highest BCUT2D eigenvalue weighted by Crippen LogP contribution is 2.23. The zero-order valence-electron chi connectivity index (χ0n) is 13.1. The zero-order chi connectivity index (χ0) is 14.5. The van der Waals surface area contributed by atoms with Crippen molar-refractivity contribution in [1.82, 2.24) is 10.2 Å². The molecule has 1 aliphatic heterocycles. The summed E-state index contributed by atoms with van der Waals surface area (Å²) in [7, 11) is 0. The largest absolute Gasteiger partial charge is 0.372 e. The van der Waals surface area contributed by atoms with Crippen molar-refractivity contribution in [2.45, 2.75) is 57.4 Å². The lowest BCUT2D eigenvalue weighted by molar-refractivity contribution is 0.0226. The number of likely N-dealkylation sites (N-methyl/N-ethyl adjacent to an activating group) is 1. The van der Waals surface area contributed by atoms with E-state index in [0.29, 0.717) is 12.2 Å². The second-order valence-corrected chi connectivity index (χ2v) is 6.45. The summed E-state index contributed by atoms with van der Waals surface area (Å²) in [6.45, 7) is 6.46. The van der Waals surface area contributed by atoms with Crippen molar-refractivity contribution in [1.29, 1.82) is 0 Å². The van der Waals surface area contributed by atoms with E-state index in [1.165, 1.54) is 31.2 Å². The van der Waals surface area contributed by atoms with Crippen molar-refractivity contribution in [2.75, 3.05) is 19.6 Å². The van der Waals surface area contributed by atoms with E-state index in [1.54, 1.807) is 0 Å². The Morgan fingerprint density at radius 2 is 1.86 bits per heavy atom. The number of ether oxygens (including phenoxy) is 1. The predicted octanol–water partition coefficient (Wildman–Crippen LogP) is 2.81. The molecule has 0 spiro atoms. The predicted molar refractivity (Wildman–Crippen MR) is 86.3 cm³/mol. The molecular formula is C18H28N2O. The SMILES string of the molecule is CCN(Cc1ccccc1)CC1CCC(CNC2CC2)O1. The van der Waals surface area contributed by atoms with E-state index in [1.807, 2.05) is 0 Å². The van der Waals surface area contributed by atoms with Crippen LogP contribution >= 0.6 is 0 Å². The molecule has 116 valence electrons. The van der Waals surface area contributed by atoms with Crippen LogP contribution < -0.4 is 5.32 Å². The third kappa shape index (κ3) is 4.80. The molecule has 1 saturated heterocycles.